The average molecular weight is 668 g/mol. The predicted octanol–water partition coefficient (Wildman–Crippen LogP) is 6.97. The van der Waals surface area contributed by atoms with Gasteiger partial charge in [0.1, 0.15) is 6.10 Å². The van der Waals surface area contributed by atoms with E-state index in [9.17, 15) is 29.4 Å². The van der Waals surface area contributed by atoms with E-state index in [2.05, 4.69) is 41.5 Å². The standard InChI is InChI=1S/C40H61NO7/c1-23(2)32-27(43)21-40(34(45)41-19-14-24(42)15-20-41)18-11-26-25(33(32)40)9-10-29-38(26,7)16-12-28-37(5,6)30(13-17-39(28,29)8)48-31(44)22-36(3,4)35(46)47/h23-26,28-30,42H,9-22H2,1-8H3,(H,46,47)/t25?,26?,28?,29?,30?,38?,39?,40-/m1/s1. The van der Waals surface area contributed by atoms with Crippen molar-refractivity contribution in [2.24, 2.45) is 56.7 Å². The molecular weight excluding hydrogens is 606 g/mol. The number of ketones is 1. The summed E-state index contributed by atoms with van der Waals surface area (Å²) < 4.78 is 6.12. The molecule has 1 amide bonds. The lowest BCUT2D eigenvalue weighted by Crippen LogP contribution is -2.63. The first-order valence-electron chi connectivity index (χ1n) is 19.0. The van der Waals surface area contributed by atoms with Gasteiger partial charge in [0.25, 0.3) is 0 Å². The fourth-order valence-electron chi connectivity index (χ4n) is 12.8. The van der Waals surface area contributed by atoms with Gasteiger partial charge in [-0.15, -0.1) is 0 Å². The maximum atomic E-state index is 14.5. The van der Waals surface area contributed by atoms with Crippen LogP contribution in [0.4, 0.5) is 0 Å². The summed E-state index contributed by atoms with van der Waals surface area (Å²) in [6, 6.07) is 0. The van der Waals surface area contributed by atoms with E-state index in [4.69, 9.17) is 4.74 Å². The smallest absolute Gasteiger partial charge is 0.309 e. The van der Waals surface area contributed by atoms with Gasteiger partial charge in [-0.3, -0.25) is 19.2 Å². The largest absolute Gasteiger partial charge is 0.481 e. The van der Waals surface area contributed by atoms with E-state index in [-0.39, 0.29) is 58.4 Å². The summed E-state index contributed by atoms with van der Waals surface area (Å²) in [5.41, 5.74) is 0.172. The molecule has 1 aliphatic heterocycles. The molecule has 7 unspecified atom stereocenters. The second-order valence-electron chi connectivity index (χ2n) is 18.9. The number of nitrogens with zero attached hydrogens (tertiary/aromatic N) is 1. The van der Waals surface area contributed by atoms with Crippen LogP contribution < -0.4 is 0 Å². The van der Waals surface area contributed by atoms with Crippen LogP contribution in [0.15, 0.2) is 11.1 Å². The number of Topliss-reactive ketones (excluding diaryl/α,β-unsaturated/α-hetero) is 1. The zero-order chi connectivity index (χ0) is 35.2. The number of piperidine rings is 1. The van der Waals surface area contributed by atoms with Crippen molar-refractivity contribution in [2.45, 2.75) is 145 Å². The number of aliphatic carboxylic acids is 1. The van der Waals surface area contributed by atoms with Gasteiger partial charge in [-0.25, -0.2) is 0 Å². The first-order valence-corrected chi connectivity index (χ1v) is 19.0. The number of carboxylic acids is 1. The van der Waals surface area contributed by atoms with E-state index in [0.717, 1.165) is 56.9 Å². The van der Waals surface area contributed by atoms with Gasteiger partial charge >= 0.3 is 11.9 Å². The van der Waals surface area contributed by atoms with E-state index in [1.165, 1.54) is 5.57 Å². The number of allylic oxidation sites excluding steroid dienone is 1. The number of likely N-dealkylation sites (tertiary alicyclic amines) is 1. The van der Waals surface area contributed by atoms with E-state index in [1.807, 2.05) is 4.90 Å². The van der Waals surface area contributed by atoms with Crippen molar-refractivity contribution in [3.05, 3.63) is 11.1 Å². The Balaban J connectivity index is 1.27. The van der Waals surface area contributed by atoms with Crippen molar-refractivity contribution in [1.82, 2.24) is 4.90 Å². The Labute approximate surface area is 287 Å². The highest BCUT2D eigenvalue weighted by atomic mass is 16.5. The van der Waals surface area contributed by atoms with Gasteiger partial charge < -0.3 is 19.8 Å². The van der Waals surface area contributed by atoms with Crippen molar-refractivity contribution in [1.29, 1.82) is 0 Å². The van der Waals surface area contributed by atoms with Gasteiger partial charge in [0.2, 0.25) is 5.91 Å². The summed E-state index contributed by atoms with van der Waals surface area (Å²) >= 11 is 0. The molecule has 0 bridgehead atoms. The van der Waals surface area contributed by atoms with Crippen molar-refractivity contribution in [3.8, 4) is 0 Å². The third-order valence-electron chi connectivity index (χ3n) is 15.1. The number of ether oxygens (including phenoxy) is 1. The molecule has 0 aromatic heterocycles. The second-order valence-corrected chi connectivity index (χ2v) is 18.9. The molecule has 5 fully saturated rings. The first kappa shape index (κ1) is 35.6. The number of rotatable bonds is 6. The van der Waals surface area contributed by atoms with Crippen LogP contribution in [-0.4, -0.2) is 64.0 Å². The van der Waals surface area contributed by atoms with Crippen LogP contribution in [0.25, 0.3) is 0 Å². The molecule has 48 heavy (non-hydrogen) atoms. The van der Waals surface area contributed by atoms with Gasteiger partial charge in [0.05, 0.1) is 23.4 Å². The van der Waals surface area contributed by atoms with Crippen molar-refractivity contribution in [3.63, 3.8) is 0 Å². The number of amides is 1. The number of fused-ring (bicyclic) bond motifs is 7. The number of esters is 1. The minimum Gasteiger partial charge on any atom is -0.481 e. The molecule has 1 saturated heterocycles. The Morgan fingerprint density at radius 1 is 0.896 bits per heavy atom. The molecule has 5 aliphatic carbocycles. The van der Waals surface area contributed by atoms with Gasteiger partial charge in [0.15, 0.2) is 5.78 Å². The summed E-state index contributed by atoms with van der Waals surface area (Å²) in [5.74, 6) is 0.512. The topological polar surface area (TPSA) is 121 Å². The van der Waals surface area contributed by atoms with E-state index in [1.54, 1.807) is 13.8 Å². The summed E-state index contributed by atoms with van der Waals surface area (Å²) in [4.78, 5) is 55.0. The maximum absolute atomic E-state index is 14.5. The number of aliphatic hydroxyl groups excluding tert-OH is 1. The summed E-state index contributed by atoms with van der Waals surface area (Å²) in [6.07, 6.45) is 8.45. The highest BCUT2D eigenvalue weighted by Gasteiger charge is 2.67. The van der Waals surface area contributed by atoms with E-state index < -0.39 is 22.8 Å². The molecule has 0 aromatic carbocycles. The molecule has 6 rings (SSSR count). The number of carboxylic acid groups (broad SMARTS) is 1. The number of carbonyl (C=O) groups is 4. The molecule has 4 saturated carbocycles. The van der Waals surface area contributed by atoms with Crippen LogP contribution in [0.5, 0.6) is 0 Å². The molecule has 6 aliphatic rings. The van der Waals surface area contributed by atoms with E-state index in [0.29, 0.717) is 50.1 Å². The number of hydrogen-bond donors (Lipinski definition) is 2. The Bertz CT molecular complexity index is 1390. The minimum atomic E-state index is -1.16. The summed E-state index contributed by atoms with van der Waals surface area (Å²) in [7, 11) is 0. The van der Waals surface area contributed by atoms with Gasteiger partial charge in [-0.05, 0) is 130 Å². The average Bonchev–Trinajstić information content (AvgIpc) is 3.31. The van der Waals surface area contributed by atoms with Gasteiger partial charge in [-0.1, -0.05) is 41.5 Å². The van der Waals surface area contributed by atoms with Crippen molar-refractivity contribution >= 4 is 23.6 Å². The van der Waals surface area contributed by atoms with Gasteiger partial charge in [-0.2, -0.15) is 0 Å². The van der Waals surface area contributed by atoms with Crippen LogP contribution in [0, 0.1) is 56.7 Å². The van der Waals surface area contributed by atoms with Crippen LogP contribution in [-0.2, 0) is 23.9 Å². The molecule has 0 radical (unpaired) electrons. The van der Waals surface area contributed by atoms with Crippen LogP contribution in [0.1, 0.15) is 132 Å². The minimum absolute atomic E-state index is 0.0739. The number of hydrogen-bond acceptors (Lipinski definition) is 6. The van der Waals surface area contributed by atoms with Crippen molar-refractivity contribution in [2.75, 3.05) is 13.1 Å². The van der Waals surface area contributed by atoms with E-state index >= 15 is 0 Å². The molecular formula is C40H61NO7. The Morgan fingerprint density at radius 3 is 2.17 bits per heavy atom. The lowest BCUT2D eigenvalue weighted by atomic mass is 9.36. The molecule has 8 atom stereocenters. The van der Waals surface area contributed by atoms with Crippen LogP contribution in [0.3, 0.4) is 0 Å². The monoisotopic (exact) mass is 667 g/mol. The maximum Gasteiger partial charge on any atom is 0.309 e. The fraction of sp³-hybridized carbons (Fsp3) is 0.850. The van der Waals surface area contributed by atoms with Crippen molar-refractivity contribution < 1.29 is 34.1 Å². The highest BCUT2D eigenvalue weighted by Crippen LogP contribution is 2.73. The number of aliphatic hydroxyl groups is 1. The zero-order valence-corrected chi connectivity index (χ0v) is 30.8. The predicted molar refractivity (Wildman–Crippen MR) is 183 cm³/mol. The fourth-order valence-corrected chi connectivity index (χ4v) is 12.8. The summed E-state index contributed by atoms with van der Waals surface area (Å²) in [6.45, 7) is 18.1. The lowest BCUT2D eigenvalue weighted by molar-refractivity contribution is -0.214. The molecule has 268 valence electrons. The Morgan fingerprint density at radius 2 is 1.54 bits per heavy atom. The highest BCUT2D eigenvalue weighted by molar-refractivity contribution is 6.06. The third-order valence-corrected chi connectivity index (χ3v) is 15.1. The molecule has 0 spiro atoms. The first-order chi connectivity index (χ1) is 22.3. The third kappa shape index (κ3) is 5.31. The second kappa shape index (κ2) is 11.9. The zero-order valence-electron chi connectivity index (χ0n) is 30.8. The summed E-state index contributed by atoms with van der Waals surface area (Å²) in [5, 5.41) is 19.7. The molecule has 2 N–H and O–H groups in total. The lowest BCUT2D eigenvalue weighted by Gasteiger charge is -2.68. The van der Waals surface area contributed by atoms with Gasteiger partial charge in [0, 0.05) is 24.9 Å². The molecule has 8 nitrogen and oxygen atoms in total. The normalized spacial score (nSPS) is 39.8. The Hall–Kier alpha value is -2.22. The molecule has 0 aromatic rings. The Kier molecular flexibility index (Phi) is 8.86. The van der Waals surface area contributed by atoms with Crippen LogP contribution >= 0.6 is 0 Å². The number of carbonyl (C=O) groups excluding carboxylic acids is 3. The van der Waals surface area contributed by atoms with Crippen LogP contribution in [0.2, 0.25) is 0 Å². The SMILES string of the molecule is CC(C)C1=C2C3CCC4C(C)(CCC5C(C)(C)C(OC(=O)CC(C)(C)C(=O)O)CCC54C)C3CC[C@@]2(C(=O)N2CCC(O)CC2)CC1=O. The molecule has 8 heteroatoms. The molecule has 1 heterocycles. The quantitative estimate of drug-likeness (QED) is 0.294.